The lowest BCUT2D eigenvalue weighted by Gasteiger charge is -2.43. The zero-order valence-electron chi connectivity index (χ0n) is 16.0. The van der Waals surface area contributed by atoms with Gasteiger partial charge in [-0.1, -0.05) is 39.4 Å². The number of thiazole rings is 1. The van der Waals surface area contributed by atoms with E-state index in [0.717, 1.165) is 31.3 Å². The van der Waals surface area contributed by atoms with Crippen molar-refractivity contribution >= 4 is 56.8 Å². The van der Waals surface area contributed by atoms with Crippen LogP contribution in [0.1, 0.15) is 22.8 Å². The molecule has 3 fully saturated rings. The number of aliphatic carboxylic acids is 1. The van der Waals surface area contributed by atoms with Gasteiger partial charge < -0.3 is 10.1 Å². The number of rotatable bonds is 3. The normalized spacial score (nSPS) is 35.3. The summed E-state index contributed by atoms with van der Waals surface area (Å²) < 4.78 is 0.967. The second-order valence-corrected chi connectivity index (χ2v) is 11.8. The van der Waals surface area contributed by atoms with Crippen molar-refractivity contribution in [3.63, 3.8) is 0 Å². The molecule has 2 aromatic rings. The standard InChI is InChI=1S/C21H17BrN2O5S2/c22-8-3-1-7(2-4-8)12-13-9-5-10(16(13)30-18-17(12)31-21(29)23-18)15-14(9)19(27)24(20(15)28)6-11(25)26/h1-4,9-10,12-16H,5-6H2,(H,23,29)(H,25,26)/t9-,10+,12-,13+,14+,15+,16+/m0/s1. The van der Waals surface area contributed by atoms with Gasteiger partial charge in [-0.05, 0) is 41.9 Å². The summed E-state index contributed by atoms with van der Waals surface area (Å²) in [4.78, 5) is 54.4. The van der Waals surface area contributed by atoms with Crippen molar-refractivity contribution in [2.75, 3.05) is 6.54 Å². The molecule has 2 N–H and O–H groups in total. The Balaban J connectivity index is 1.45. The Hall–Kier alpha value is -1.91. The number of aromatic amines is 1. The molecule has 0 unspecified atom stereocenters. The van der Waals surface area contributed by atoms with Crippen LogP contribution in [0.3, 0.4) is 0 Å². The average Bonchev–Trinajstić information content (AvgIpc) is 3.44. The zero-order chi connectivity index (χ0) is 21.6. The number of nitrogens with zero attached hydrogens (tertiary/aromatic N) is 1. The monoisotopic (exact) mass is 520 g/mol. The molecule has 31 heavy (non-hydrogen) atoms. The van der Waals surface area contributed by atoms with Crippen molar-refractivity contribution in [2.45, 2.75) is 22.6 Å². The molecule has 2 saturated carbocycles. The molecule has 1 aromatic carbocycles. The average molecular weight is 521 g/mol. The third kappa shape index (κ3) is 2.70. The minimum atomic E-state index is -1.17. The molecule has 4 aliphatic rings. The topological polar surface area (TPSA) is 108 Å². The van der Waals surface area contributed by atoms with Crippen molar-refractivity contribution in [1.29, 1.82) is 0 Å². The predicted molar refractivity (Wildman–Crippen MR) is 117 cm³/mol. The molecular formula is C21H17BrN2O5S2. The highest BCUT2D eigenvalue weighted by Gasteiger charge is 2.69. The van der Waals surface area contributed by atoms with Crippen molar-refractivity contribution in [3.8, 4) is 0 Å². The third-order valence-electron chi connectivity index (χ3n) is 7.34. The fourth-order valence-electron chi connectivity index (χ4n) is 6.41. The van der Waals surface area contributed by atoms with Gasteiger partial charge in [-0.3, -0.25) is 24.1 Å². The molecule has 160 valence electrons. The molecule has 3 heterocycles. The summed E-state index contributed by atoms with van der Waals surface area (Å²) in [7, 11) is 0. The number of carboxylic acid groups (broad SMARTS) is 1. The molecule has 1 aromatic heterocycles. The summed E-state index contributed by atoms with van der Waals surface area (Å²) in [5, 5.41) is 10.1. The number of likely N-dealkylation sites (tertiary alicyclic amines) is 1. The highest BCUT2D eigenvalue weighted by atomic mass is 79.9. The second-order valence-electron chi connectivity index (χ2n) is 8.67. The fraction of sp³-hybridized carbons (Fsp3) is 0.429. The summed E-state index contributed by atoms with van der Waals surface area (Å²) >= 11 is 6.33. The Bertz CT molecular complexity index is 1190. The van der Waals surface area contributed by atoms with Gasteiger partial charge in [0.15, 0.2) is 0 Å². The Labute approximate surface area is 193 Å². The Kier molecular flexibility index (Phi) is 4.33. The number of amides is 2. The minimum Gasteiger partial charge on any atom is -0.480 e. The van der Waals surface area contributed by atoms with E-state index in [2.05, 4.69) is 33.0 Å². The molecule has 2 aliphatic heterocycles. The quantitative estimate of drug-likeness (QED) is 0.602. The molecule has 10 heteroatoms. The van der Waals surface area contributed by atoms with Gasteiger partial charge in [0, 0.05) is 20.5 Å². The van der Waals surface area contributed by atoms with E-state index in [4.69, 9.17) is 5.11 Å². The molecule has 2 amide bonds. The van der Waals surface area contributed by atoms with E-state index >= 15 is 0 Å². The van der Waals surface area contributed by atoms with Crippen LogP contribution in [-0.2, 0) is 14.4 Å². The first-order valence-corrected chi connectivity index (χ1v) is 12.6. The van der Waals surface area contributed by atoms with Crippen LogP contribution < -0.4 is 4.87 Å². The van der Waals surface area contributed by atoms with Crippen molar-refractivity contribution in [1.82, 2.24) is 9.88 Å². The lowest BCUT2D eigenvalue weighted by atomic mass is 9.68. The number of carbonyl (C=O) groups excluding carboxylic acids is 2. The Morgan fingerprint density at radius 3 is 2.48 bits per heavy atom. The first-order chi connectivity index (χ1) is 14.8. The van der Waals surface area contributed by atoms with Gasteiger partial charge in [0.25, 0.3) is 0 Å². The van der Waals surface area contributed by atoms with Crippen LogP contribution in [0.15, 0.2) is 38.6 Å². The number of hydrogen-bond acceptors (Lipinski definition) is 6. The Morgan fingerprint density at radius 1 is 1.13 bits per heavy atom. The van der Waals surface area contributed by atoms with Crippen LogP contribution in [0.5, 0.6) is 0 Å². The predicted octanol–water partition coefficient (Wildman–Crippen LogP) is 2.76. The highest BCUT2D eigenvalue weighted by molar-refractivity contribution is 9.10. The van der Waals surface area contributed by atoms with Gasteiger partial charge >= 0.3 is 10.8 Å². The number of H-pyrrole nitrogens is 1. The number of carbonyl (C=O) groups is 3. The van der Waals surface area contributed by atoms with Crippen molar-refractivity contribution in [2.24, 2.45) is 29.6 Å². The van der Waals surface area contributed by atoms with Crippen molar-refractivity contribution < 1.29 is 19.5 Å². The van der Waals surface area contributed by atoms with Crippen LogP contribution >= 0.6 is 39.0 Å². The van der Waals surface area contributed by atoms with Gasteiger partial charge in [0.05, 0.1) is 16.9 Å². The molecule has 0 radical (unpaired) electrons. The maximum Gasteiger partial charge on any atom is 0.323 e. The van der Waals surface area contributed by atoms with E-state index in [-0.39, 0.29) is 45.6 Å². The SMILES string of the molecule is O=C(O)CN1C(=O)[C@@H]2[C@H]3C[C@@H]([C@H]4Sc5[nH]c(=O)sc5[C@@H](c5ccc(Br)cc5)[C@@H]34)[C@H]2C1=O. The van der Waals surface area contributed by atoms with E-state index in [1.165, 1.54) is 11.3 Å². The number of fused-ring (bicyclic) bond motifs is 9. The number of halogens is 1. The van der Waals surface area contributed by atoms with Crippen molar-refractivity contribution in [3.05, 3.63) is 48.8 Å². The Morgan fingerprint density at radius 2 is 1.81 bits per heavy atom. The number of hydrogen-bond donors (Lipinski definition) is 2. The summed E-state index contributed by atoms with van der Waals surface area (Å²) in [6.07, 6.45) is 0.794. The first-order valence-electron chi connectivity index (χ1n) is 10.1. The number of carboxylic acids is 1. The van der Waals surface area contributed by atoms with Crippen LogP contribution in [0.25, 0.3) is 0 Å². The minimum absolute atomic E-state index is 0.00161. The van der Waals surface area contributed by atoms with Gasteiger partial charge in [-0.15, -0.1) is 11.8 Å². The van der Waals surface area contributed by atoms with Gasteiger partial charge in [-0.2, -0.15) is 0 Å². The number of aromatic nitrogens is 1. The number of imide groups is 1. The summed E-state index contributed by atoms with van der Waals surface area (Å²) in [5.74, 6) is -2.63. The van der Waals surface area contributed by atoms with E-state index < -0.39 is 24.3 Å². The van der Waals surface area contributed by atoms with E-state index in [9.17, 15) is 19.2 Å². The van der Waals surface area contributed by atoms with Gasteiger partial charge in [-0.25, -0.2) is 0 Å². The maximum atomic E-state index is 13.1. The first kappa shape index (κ1) is 19.8. The van der Waals surface area contributed by atoms with Gasteiger partial charge in [0.1, 0.15) is 6.54 Å². The summed E-state index contributed by atoms with van der Waals surface area (Å²) in [6, 6.07) is 8.07. The van der Waals surface area contributed by atoms with Crippen LogP contribution in [0, 0.1) is 29.6 Å². The van der Waals surface area contributed by atoms with E-state index in [1.807, 2.05) is 12.1 Å². The lowest BCUT2D eigenvalue weighted by molar-refractivity contribution is -0.149. The van der Waals surface area contributed by atoms with Gasteiger partial charge in [0.2, 0.25) is 11.8 Å². The summed E-state index contributed by atoms with van der Waals surface area (Å²) in [6.45, 7) is -0.566. The second kappa shape index (κ2) is 6.79. The zero-order valence-corrected chi connectivity index (χ0v) is 19.2. The van der Waals surface area contributed by atoms with E-state index in [1.54, 1.807) is 11.8 Å². The summed E-state index contributed by atoms with van der Waals surface area (Å²) in [5.41, 5.74) is 1.10. The van der Waals surface area contributed by atoms with Crippen LogP contribution in [-0.4, -0.2) is 44.6 Å². The third-order valence-corrected chi connectivity index (χ3v) is 10.5. The molecule has 6 rings (SSSR count). The lowest BCUT2D eigenvalue weighted by Crippen LogP contribution is -2.42. The van der Waals surface area contributed by atoms with Crippen LogP contribution in [0.2, 0.25) is 0 Å². The molecule has 1 saturated heterocycles. The molecule has 2 aliphatic carbocycles. The smallest absolute Gasteiger partial charge is 0.323 e. The molecule has 7 atom stereocenters. The maximum absolute atomic E-state index is 13.1. The molecule has 7 nitrogen and oxygen atoms in total. The molecule has 2 bridgehead atoms. The number of benzene rings is 1. The largest absolute Gasteiger partial charge is 0.480 e. The molecule has 0 spiro atoms. The molecular weight excluding hydrogens is 504 g/mol. The highest BCUT2D eigenvalue weighted by Crippen LogP contribution is 2.68. The van der Waals surface area contributed by atoms with Crippen LogP contribution in [0.4, 0.5) is 0 Å². The number of thioether (sulfide) groups is 1. The fourth-order valence-corrected chi connectivity index (χ4v) is 9.57. The van der Waals surface area contributed by atoms with E-state index in [0.29, 0.717) is 0 Å². The number of nitrogens with one attached hydrogen (secondary N) is 1.